The van der Waals surface area contributed by atoms with Crippen LogP contribution in [-0.2, 0) is 11.2 Å². The quantitative estimate of drug-likeness (QED) is 0.460. The van der Waals surface area contributed by atoms with E-state index in [1.807, 2.05) is 36.2 Å². The van der Waals surface area contributed by atoms with Crippen molar-refractivity contribution < 1.29 is 4.79 Å². The van der Waals surface area contributed by atoms with Crippen LogP contribution in [0.3, 0.4) is 0 Å². The van der Waals surface area contributed by atoms with Gasteiger partial charge < -0.3 is 15.2 Å². The lowest BCUT2D eigenvalue weighted by atomic mass is 10.1. The number of piperazine rings is 1. The third-order valence-corrected chi connectivity index (χ3v) is 6.96. The molecule has 1 aromatic heterocycles. The smallest absolute Gasteiger partial charge is 0.276 e. The van der Waals surface area contributed by atoms with E-state index in [1.165, 1.54) is 12.8 Å². The van der Waals surface area contributed by atoms with Gasteiger partial charge in [0, 0.05) is 48.3 Å². The maximum absolute atomic E-state index is 12.5. The molecule has 29 heavy (non-hydrogen) atoms. The molecular weight excluding hydrogens is 384 g/mol. The van der Waals surface area contributed by atoms with E-state index in [2.05, 4.69) is 28.3 Å². The first kappa shape index (κ1) is 20.0. The zero-order chi connectivity index (χ0) is 20.5. The fourth-order valence-corrected chi connectivity index (χ4v) is 5.08. The Bertz CT molecular complexity index is 926. The number of likely N-dealkylation sites (N-methyl/N-ethyl adjacent to an activating group) is 1. The van der Waals surface area contributed by atoms with Crippen LogP contribution in [0.1, 0.15) is 25.3 Å². The zero-order valence-corrected chi connectivity index (χ0v) is 17.7. The van der Waals surface area contributed by atoms with E-state index in [-0.39, 0.29) is 11.1 Å². The molecule has 4 rings (SSSR count). The number of nitrogens with one attached hydrogen (secondary N) is 4. The topological polar surface area (TPSA) is 99.1 Å². The van der Waals surface area contributed by atoms with Gasteiger partial charge in [0.25, 0.3) is 5.91 Å². The van der Waals surface area contributed by atoms with Gasteiger partial charge in [-0.3, -0.25) is 20.5 Å². The number of hydrogen-bond donors (Lipinski definition) is 4. The number of likely N-dealkylation sites (tertiary alicyclic amines) is 1. The third kappa shape index (κ3) is 4.18. The fraction of sp³-hybridized carbons (Fsp3) is 0.476. The van der Waals surface area contributed by atoms with Crippen molar-refractivity contribution in [3.63, 3.8) is 0 Å². The number of thioether (sulfide) groups is 1. The first-order valence-corrected chi connectivity index (χ1v) is 10.9. The van der Waals surface area contributed by atoms with Crippen molar-refractivity contribution in [2.75, 3.05) is 20.1 Å². The molecule has 4 N–H and O–H groups in total. The number of carbonyl (C=O) groups is 1. The van der Waals surface area contributed by atoms with Gasteiger partial charge in [0.05, 0.1) is 0 Å². The molecule has 1 aromatic carbocycles. The summed E-state index contributed by atoms with van der Waals surface area (Å²) in [4.78, 5) is 20.1. The van der Waals surface area contributed by atoms with Gasteiger partial charge in [-0.05, 0) is 56.6 Å². The Morgan fingerprint density at radius 2 is 1.97 bits per heavy atom. The lowest BCUT2D eigenvalue weighted by molar-refractivity contribution is -0.115. The summed E-state index contributed by atoms with van der Waals surface area (Å²) in [5.41, 5.74) is 2.23. The predicted octanol–water partition coefficient (Wildman–Crippen LogP) is 2.64. The van der Waals surface area contributed by atoms with Crippen LogP contribution in [0.15, 0.2) is 30.5 Å². The number of amides is 1. The molecule has 0 spiro atoms. The van der Waals surface area contributed by atoms with Crippen LogP contribution in [-0.4, -0.2) is 69.2 Å². The normalized spacial score (nSPS) is 22.6. The summed E-state index contributed by atoms with van der Waals surface area (Å²) in [6, 6.07) is 8.96. The molecule has 2 aliphatic rings. The van der Waals surface area contributed by atoms with E-state index in [0.717, 1.165) is 41.3 Å². The number of rotatable bonds is 3. The Morgan fingerprint density at radius 1 is 1.28 bits per heavy atom. The summed E-state index contributed by atoms with van der Waals surface area (Å²) in [5, 5.41) is 20.7. The van der Waals surface area contributed by atoms with E-state index in [9.17, 15) is 4.79 Å². The Labute approximate surface area is 175 Å². The fourth-order valence-electron chi connectivity index (χ4n) is 4.46. The zero-order valence-electron chi connectivity index (χ0n) is 16.9. The van der Waals surface area contributed by atoms with Gasteiger partial charge >= 0.3 is 0 Å². The second-order valence-electron chi connectivity index (χ2n) is 8.13. The number of carbonyl (C=O) groups excluding carboxylic acids is 1. The van der Waals surface area contributed by atoms with E-state index < -0.39 is 5.91 Å². The Balaban J connectivity index is 1.29. The molecule has 154 valence electrons. The summed E-state index contributed by atoms with van der Waals surface area (Å²) in [6.45, 7) is 3.57. The first-order valence-electron chi connectivity index (χ1n) is 10.1. The minimum absolute atomic E-state index is 0.101. The van der Waals surface area contributed by atoms with Crippen LogP contribution in [0.5, 0.6) is 0 Å². The van der Waals surface area contributed by atoms with Crippen LogP contribution in [0.2, 0.25) is 0 Å². The number of amidine groups is 1. The van der Waals surface area contributed by atoms with Crippen molar-refractivity contribution in [1.82, 2.24) is 20.1 Å². The first-order chi connectivity index (χ1) is 13.9. The molecule has 3 unspecified atom stereocenters. The van der Waals surface area contributed by atoms with Crippen LogP contribution in [0.4, 0.5) is 0 Å². The van der Waals surface area contributed by atoms with Crippen molar-refractivity contribution in [3.05, 3.63) is 36.0 Å². The molecule has 3 atom stereocenters. The highest BCUT2D eigenvalue weighted by molar-refractivity contribution is 8.27. The molecule has 0 saturated carbocycles. The highest BCUT2D eigenvalue weighted by Crippen LogP contribution is 2.29. The molecule has 1 amide bonds. The number of nitrogens with zero attached hydrogens (tertiary/aromatic N) is 2. The molecule has 0 radical (unpaired) electrons. The number of H-pyrrole nitrogens is 1. The van der Waals surface area contributed by atoms with E-state index in [1.54, 1.807) is 0 Å². The number of para-hydroxylation sites is 1. The highest BCUT2D eigenvalue weighted by Gasteiger charge is 2.38. The van der Waals surface area contributed by atoms with Crippen molar-refractivity contribution in [3.8, 4) is 0 Å². The number of aromatic nitrogens is 1. The minimum Gasteiger partial charge on any atom is -0.361 e. The van der Waals surface area contributed by atoms with Crippen molar-refractivity contribution in [2.45, 2.75) is 44.3 Å². The summed E-state index contributed by atoms with van der Waals surface area (Å²) in [5.74, 6) is -0.413. The van der Waals surface area contributed by atoms with Gasteiger partial charge in [-0.2, -0.15) is 0 Å². The number of hydrogen-bond acceptors (Lipinski definition) is 5. The van der Waals surface area contributed by atoms with Gasteiger partial charge in [0.2, 0.25) is 0 Å². The molecule has 2 saturated heterocycles. The Hall–Kier alpha value is -2.32. The van der Waals surface area contributed by atoms with Crippen LogP contribution >= 0.6 is 11.8 Å². The van der Waals surface area contributed by atoms with Gasteiger partial charge in [-0.15, -0.1) is 0 Å². The molecule has 0 aliphatic carbocycles. The average Bonchev–Trinajstić information content (AvgIpc) is 3.16. The largest absolute Gasteiger partial charge is 0.361 e. The summed E-state index contributed by atoms with van der Waals surface area (Å²) < 4.78 is 0. The van der Waals surface area contributed by atoms with Crippen LogP contribution < -0.4 is 5.32 Å². The molecular formula is C21H28N6OS. The van der Waals surface area contributed by atoms with Crippen LogP contribution in [0, 0.1) is 10.8 Å². The van der Waals surface area contributed by atoms with E-state index >= 15 is 0 Å². The molecule has 2 aliphatic heterocycles. The summed E-state index contributed by atoms with van der Waals surface area (Å²) in [6.07, 6.45) is 5.00. The Kier molecular flexibility index (Phi) is 5.65. The standard InChI is InChI=1S/C21H28N6OS/c1-13(9-14-10-24-18-6-4-3-5-17(14)18)25-20(28)19(22)29-21(23)27-11-15-7-8-16(12-27)26(15)2/h3-6,10,13,15-16,22-24H,7-9,11-12H2,1-2H3,(H,25,28). The summed E-state index contributed by atoms with van der Waals surface area (Å²) >= 11 is 0.956. The van der Waals surface area contributed by atoms with E-state index in [4.69, 9.17) is 10.8 Å². The summed E-state index contributed by atoms with van der Waals surface area (Å²) in [7, 11) is 2.15. The molecule has 8 heteroatoms. The van der Waals surface area contributed by atoms with Gasteiger partial charge in [0.1, 0.15) is 0 Å². The monoisotopic (exact) mass is 412 g/mol. The van der Waals surface area contributed by atoms with Crippen LogP contribution in [0.25, 0.3) is 10.9 Å². The molecule has 7 nitrogen and oxygen atoms in total. The molecule has 3 heterocycles. The predicted molar refractivity (Wildman–Crippen MR) is 119 cm³/mol. The highest BCUT2D eigenvalue weighted by atomic mass is 32.2. The van der Waals surface area contributed by atoms with Gasteiger partial charge in [-0.1, -0.05) is 18.2 Å². The maximum atomic E-state index is 12.5. The molecule has 2 aromatic rings. The minimum atomic E-state index is -0.413. The lowest BCUT2D eigenvalue weighted by Gasteiger charge is -2.39. The maximum Gasteiger partial charge on any atom is 0.276 e. The third-order valence-electron chi connectivity index (χ3n) is 6.12. The Morgan fingerprint density at radius 3 is 2.69 bits per heavy atom. The average molecular weight is 413 g/mol. The lowest BCUT2D eigenvalue weighted by Crippen LogP contribution is -2.53. The van der Waals surface area contributed by atoms with Crippen molar-refractivity contribution in [1.29, 1.82) is 10.8 Å². The number of benzene rings is 1. The van der Waals surface area contributed by atoms with Crippen molar-refractivity contribution >= 4 is 38.8 Å². The molecule has 2 bridgehead atoms. The molecule has 2 fully saturated rings. The second kappa shape index (κ2) is 8.20. The van der Waals surface area contributed by atoms with E-state index in [0.29, 0.717) is 23.7 Å². The van der Waals surface area contributed by atoms with Gasteiger partial charge in [-0.25, -0.2) is 0 Å². The number of fused-ring (bicyclic) bond motifs is 3. The second-order valence-corrected chi connectivity index (χ2v) is 9.13. The number of aromatic amines is 1. The van der Waals surface area contributed by atoms with Gasteiger partial charge in [0.15, 0.2) is 10.2 Å². The SMILES string of the molecule is CC(Cc1c[nH]c2ccccc12)NC(=O)C(=N)SC(=N)N1CC2CCC(C1)N2C. The van der Waals surface area contributed by atoms with Crippen molar-refractivity contribution in [2.24, 2.45) is 0 Å².